The van der Waals surface area contributed by atoms with Gasteiger partial charge >= 0.3 is 0 Å². The predicted molar refractivity (Wildman–Crippen MR) is 86.1 cm³/mol. The van der Waals surface area contributed by atoms with Gasteiger partial charge in [-0.15, -0.1) is 0 Å². The van der Waals surface area contributed by atoms with Crippen molar-refractivity contribution >= 4 is 0 Å². The van der Waals surface area contributed by atoms with Crippen molar-refractivity contribution in [1.29, 1.82) is 0 Å². The lowest BCUT2D eigenvalue weighted by atomic mass is 10.2. The van der Waals surface area contributed by atoms with Crippen LogP contribution >= 0.6 is 0 Å². The molecule has 2 unspecified atom stereocenters. The van der Waals surface area contributed by atoms with E-state index in [1.54, 1.807) is 0 Å². The number of ether oxygens (including phenoxy) is 5. The molecule has 5 nitrogen and oxygen atoms in total. The van der Waals surface area contributed by atoms with Crippen molar-refractivity contribution in [2.75, 3.05) is 46.2 Å². The minimum Gasteiger partial charge on any atom is -0.379 e. The van der Waals surface area contributed by atoms with E-state index >= 15 is 0 Å². The van der Waals surface area contributed by atoms with Crippen LogP contribution < -0.4 is 0 Å². The van der Waals surface area contributed by atoms with Gasteiger partial charge in [-0.2, -0.15) is 0 Å². The van der Waals surface area contributed by atoms with Crippen molar-refractivity contribution in [3.8, 4) is 0 Å². The Labute approximate surface area is 135 Å². The van der Waals surface area contributed by atoms with Crippen LogP contribution in [0.4, 0.5) is 0 Å². The van der Waals surface area contributed by atoms with E-state index in [1.807, 2.05) is 6.92 Å². The minimum atomic E-state index is 0.0298. The van der Waals surface area contributed by atoms with E-state index in [-0.39, 0.29) is 12.4 Å². The molecule has 1 aliphatic rings. The Bertz CT molecular complexity index is 231. The zero-order chi connectivity index (χ0) is 15.9. The van der Waals surface area contributed by atoms with Gasteiger partial charge in [-0.05, 0) is 52.4 Å². The maximum Gasteiger partial charge on any atom is 0.157 e. The molecule has 0 bridgehead atoms. The average molecular weight is 318 g/mol. The summed E-state index contributed by atoms with van der Waals surface area (Å²) in [4.78, 5) is 0. The maximum absolute atomic E-state index is 5.67. The van der Waals surface area contributed by atoms with Crippen LogP contribution in [0.5, 0.6) is 0 Å². The Kier molecular flexibility index (Phi) is 13.0. The molecule has 0 aromatic heterocycles. The predicted octanol–water partition coefficient (Wildman–Crippen LogP) is 3.16. The first-order chi connectivity index (χ1) is 10.8. The Morgan fingerprint density at radius 3 is 2.50 bits per heavy atom. The van der Waals surface area contributed by atoms with E-state index in [2.05, 4.69) is 6.92 Å². The van der Waals surface area contributed by atoms with Crippen molar-refractivity contribution in [3.05, 3.63) is 0 Å². The van der Waals surface area contributed by atoms with Gasteiger partial charge in [0.05, 0.1) is 19.3 Å². The lowest BCUT2D eigenvalue weighted by Crippen LogP contribution is -2.22. The summed E-state index contributed by atoms with van der Waals surface area (Å²) in [5.74, 6) is 0. The van der Waals surface area contributed by atoms with Gasteiger partial charge in [-0.1, -0.05) is 0 Å². The minimum absolute atomic E-state index is 0.0298. The van der Waals surface area contributed by atoms with E-state index in [9.17, 15) is 0 Å². The third-order valence-electron chi connectivity index (χ3n) is 3.62. The first-order valence-electron chi connectivity index (χ1n) is 8.83. The molecule has 22 heavy (non-hydrogen) atoms. The van der Waals surface area contributed by atoms with Gasteiger partial charge in [0.2, 0.25) is 0 Å². The lowest BCUT2D eigenvalue weighted by Gasteiger charge is -2.22. The van der Waals surface area contributed by atoms with Crippen molar-refractivity contribution in [2.45, 2.75) is 64.8 Å². The van der Waals surface area contributed by atoms with Crippen LogP contribution in [0.3, 0.4) is 0 Å². The maximum atomic E-state index is 5.67. The third-order valence-corrected chi connectivity index (χ3v) is 3.62. The number of rotatable bonds is 14. The number of unbranched alkanes of at least 4 members (excludes halogenated alkanes) is 1. The van der Waals surface area contributed by atoms with E-state index in [1.165, 1.54) is 12.8 Å². The highest BCUT2D eigenvalue weighted by Gasteiger charge is 2.13. The Morgan fingerprint density at radius 1 is 1.00 bits per heavy atom. The van der Waals surface area contributed by atoms with Gasteiger partial charge < -0.3 is 23.7 Å². The second-order valence-electron chi connectivity index (χ2n) is 5.65. The van der Waals surface area contributed by atoms with Crippen LogP contribution in [0, 0.1) is 0 Å². The molecule has 0 aromatic carbocycles. The second-order valence-corrected chi connectivity index (χ2v) is 5.65. The fourth-order valence-corrected chi connectivity index (χ4v) is 2.30. The molecule has 1 aliphatic heterocycles. The van der Waals surface area contributed by atoms with Crippen LogP contribution in [0.25, 0.3) is 0 Å². The van der Waals surface area contributed by atoms with Crippen molar-refractivity contribution in [1.82, 2.24) is 0 Å². The Morgan fingerprint density at radius 2 is 1.77 bits per heavy atom. The standard InChI is InChI=1S/C17H34O5/c1-3-20-16(2)9-13-19-15-14-18-10-6-7-12-22-17-8-4-5-11-21-17/h16-17H,3-15H2,1-2H3. The molecular weight excluding hydrogens is 284 g/mol. The molecule has 0 aliphatic carbocycles. The largest absolute Gasteiger partial charge is 0.379 e. The summed E-state index contributed by atoms with van der Waals surface area (Å²) in [7, 11) is 0. The average Bonchev–Trinajstić information content (AvgIpc) is 2.54. The van der Waals surface area contributed by atoms with Crippen molar-refractivity contribution in [2.24, 2.45) is 0 Å². The lowest BCUT2D eigenvalue weighted by molar-refractivity contribution is -0.163. The summed E-state index contributed by atoms with van der Waals surface area (Å²) < 4.78 is 27.7. The summed E-state index contributed by atoms with van der Waals surface area (Å²) >= 11 is 0. The Balaban J connectivity index is 1.72. The zero-order valence-corrected chi connectivity index (χ0v) is 14.4. The smallest absolute Gasteiger partial charge is 0.157 e. The molecule has 0 N–H and O–H groups in total. The van der Waals surface area contributed by atoms with Crippen LogP contribution in [0.15, 0.2) is 0 Å². The monoisotopic (exact) mass is 318 g/mol. The first kappa shape index (κ1) is 19.8. The Hall–Kier alpha value is -0.200. The van der Waals surface area contributed by atoms with E-state index in [4.69, 9.17) is 23.7 Å². The normalized spacial score (nSPS) is 20.2. The summed E-state index contributed by atoms with van der Waals surface area (Å²) in [6.07, 6.45) is 6.71. The van der Waals surface area contributed by atoms with Gasteiger partial charge in [0.25, 0.3) is 0 Å². The topological polar surface area (TPSA) is 46.2 Å². The van der Waals surface area contributed by atoms with Crippen molar-refractivity contribution in [3.63, 3.8) is 0 Å². The van der Waals surface area contributed by atoms with Gasteiger partial charge in [0.15, 0.2) is 6.29 Å². The highest BCUT2D eigenvalue weighted by atomic mass is 16.7. The molecule has 1 heterocycles. The molecule has 1 saturated heterocycles. The highest BCUT2D eigenvalue weighted by molar-refractivity contribution is 4.54. The number of hydrogen-bond acceptors (Lipinski definition) is 5. The summed E-state index contributed by atoms with van der Waals surface area (Å²) in [5.41, 5.74) is 0. The van der Waals surface area contributed by atoms with E-state index in [0.29, 0.717) is 13.2 Å². The van der Waals surface area contributed by atoms with Crippen LogP contribution in [0.2, 0.25) is 0 Å². The fraction of sp³-hybridized carbons (Fsp3) is 1.00. The zero-order valence-electron chi connectivity index (χ0n) is 14.4. The SMILES string of the molecule is CCOC(C)CCOCCOCCCCOC1CCCCO1. The molecule has 2 atom stereocenters. The van der Waals surface area contributed by atoms with Crippen LogP contribution in [0.1, 0.15) is 52.4 Å². The molecule has 0 aromatic rings. The molecule has 0 radical (unpaired) electrons. The molecule has 1 rings (SSSR count). The molecule has 1 fully saturated rings. The summed E-state index contributed by atoms with van der Waals surface area (Å²) in [5, 5.41) is 0. The van der Waals surface area contributed by atoms with E-state index in [0.717, 1.165) is 58.7 Å². The van der Waals surface area contributed by atoms with Gasteiger partial charge in [-0.3, -0.25) is 0 Å². The third kappa shape index (κ3) is 11.4. The summed E-state index contributed by atoms with van der Waals surface area (Å²) in [6, 6.07) is 0. The number of hydrogen-bond donors (Lipinski definition) is 0. The fourth-order valence-electron chi connectivity index (χ4n) is 2.30. The molecular formula is C17H34O5. The van der Waals surface area contributed by atoms with Gasteiger partial charge in [0, 0.05) is 33.0 Å². The quantitative estimate of drug-likeness (QED) is 0.460. The van der Waals surface area contributed by atoms with E-state index < -0.39 is 0 Å². The molecule has 0 saturated carbocycles. The van der Waals surface area contributed by atoms with Gasteiger partial charge in [-0.25, -0.2) is 0 Å². The first-order valence-corrected chi connectivity index (χ1v) is 8.83. The second kappa shape index (κ2) is 14.4. The molecule has 0 spiro atoms. The summed E-state index contributed by atoms with van der Waals surface area (Å²) in [6.45, 7) is 9.29. The molecule has 5 heteroatoms. The molecule has 0 amide bonds. The molecule has 132 valence electrons. The van der Waals surface area contributed by atoms with Crippen molar-refractivity contribution < 1.29 is 23.7 Å². The van der Waals surface area contributed by atoms with Crippen LogP contribution in [-0.4, -0.2) is 58.6 Å². The van der Waals surface area contributed by atoms with Crippen LogP contribution in [-0.2, 0) is 23.7 Å². The van der Waals surface area contributed by atoms with Gasteiger partial charge in [0.1, 0.15) is 0 Å². The highest BCUT2D eigenvalue weighted by Crippen LogP contribution is 2.13.